The molecule has 6 nitrogen and oxygen atoms in total. The van der Waals surface area contributed by atoms with Crippen LogP contribution in [0.1, 0.15) is 46.5 Å². The van der Waals surface area contributed by atoms with Gasteiger partial charge in [-0.1, -0.05) is 32.3 Å². The monoisotopic (exact) mass is 287 g/mol. The third-order valence-corrected chi connectivity index (χ3v) is 3.55. The molecule has 0 spiro atoms. The summed E-state index contributed by atoms with van der Waals surface area (Å²) in [4.78, 5) is 14.5. The van der Waals surface area contributed by atoms with Gasteiger partial charge in [0.25, 0.3) is 0 Å². The van der Waals surface area contributed by atoms with E-state index in [-0.39, 0.29) is 17.8 Å². The molecule has 20 heavy (non-hydrogen) atoms. The fraction of sp³-hybridized carbons (Fsp3) is 0.857. The summed E-state index contributed by atoms with van der Waals surface area (Å²) in [6.45, 7) is 7.10. The lowest BCUT2D eigenvalue weighted by Crippen LogP contribution is -2.48. The van der Waals surface area contributed by atoms with Crippen LogP contribution in [0.2, 0.25) is 0 Å². The Bertz CT molecular complexity index is 304. The molecule has 0 aliphatic rings. The molecule has 1 amide bonds. The number of carbonyl (C=O) groups excluding carboxylic acids is 1. The summed E-state index contributed by atoms with van der Waals surface area (Å²) in [5.74, 6) is -0.638. The van der Waals surface area contributed by atoms with E-state index in [2.05, 4.69) is 19.0 Å². The van der Waals surface area contributed by atoms with Crippen LogP contribution in [0.5, 0.6) is 0 Å². The summed E-state index contributed by atoms with van der Waals surface area (Å²) < 4.78 is 5.08. The van der Waals surface area contributed by atoms with Crippen molar-refractivity contribution >= 4 is 11.7 Å². The molecule has 6 heteroatoms. The van der Waals surface area contributed by atoms with Gasteiger partial charge in [-0.2, -0.15) is 0 Å². The summed E-state index contributed by atoms with van der Waals surface area (Å²) in [5, 5.41) is 11.9. The molecule has 0 aliphatic heterocycles. The van der Waals surface area contributed by atoms with Gasteiger partial charge >= 0.3 is 0 Å². The Balaban J connectivity index is 5.14. The maximum absolute atomic E-state index is 12.7. The van der Waals surface area contributed by atoms with E-state index >= 15 is 0 Å². The molecular formula is C14H29N3O3. The quantitative estimate of drug-likeness (QED) is 0.277. The second kappa shape index (κ2) is 10.5. The number of oxime groups is 1. The highest BCUT2D eigenvalue weighted by molar-refractivity contribution is 6.02. The third kappa shape index (κ3) is 5.36. The molecule has 0 radical (unpaired) electrons. The van der Waals surface area contributed by atoms with Gasteiger partial charge in [-0.15, -0.1) is 0 Å². The van der Waals surface area contributed by atoms with E-state index in [9.17, 15) is 4.79 Å². The van der Waals surface area contributed by atoms with Crippen LogP contribution in [0.3, 0.4) is 0 Å². The SMILES string of the molecule is CCCC(C(=O)N(CCOC)C(CC)CC)C(N)=NO. The van der Waals surface area contributed by atoms with Crippen LogP contribution in [0.25, 0.3) is 0 Å². The van der Waals surface area contributed by atoms with Crippen LogP contribution in [0.4, 0.5) is 0 Å². The van der Waals surface area contributed by atoms with E-state index in [1.54, 1.807) is 7.11 Å². The Morgan fingerprint density at radius 1 is 1.35 bits per heavy atom. The predicted molar refractivity (Wildman–Crippen MR) is 79.8 cm³/mol. The number of hydrogen-bond donors (Lipinski definition) is 2. The lowest BCUT2D eigenvalue weighted by Gasteiger charge is -2.33. The average Bonchev–Trinajstić information content (AvgIpc) is 2.47. The second-order valence-electron chi connectivity index (χ2n) is 4.86. The largest absolute Gasteiger partial charge is 0.409 e. The molecule has 0 saturated heterocycles. The van der Waals surface area contributed by atoms with E-state index in [1.165, 1.54) is 0 Å². The fourth-order valence-electron chi connectivity index (χ4n) is 2.35. The first kappa shape index (κ1) is 18.7. The van der Waals surface area contributed by atoms with Crippen molar-refractivity contribution in [1.82, 2.24) is 4.90 Å². The first-order valence-corrected chi connectivity index (χ1v) is 7.33. The number of nitrogens with two attached hydrogens (primary N) is 1. The van der Waals surface area contributed by atoms with Crippen LogP contribution in [-0.4, -0.2) is 48.2 Å². The molecule has 3 N–H and O–H groups in total. The highest BCUT2D eigenvalue weighted by Crippen LogP contribution is 2.17. The Morgan fingerprint density at radius 2 is 1.95 bits per heavy atom. The summed E-state index contributed by atoms with van der Waals surface area (Å²) in [6.07, 6.45) is 3.13. The van der Waals surface area contributed by atoms with Gasteiger partial charge in [0.15, 0.2) is 5.84 Å². The minimum absolute atomic E-state index is 0.00905. The molecule has 0 aromatic rings. The van der Waals surface area contributed by atoms with Gasteiger partial charge in [0, 0.05) is 19.7 Å². The Labute approximate surface area is 122 Å². The van der Waals surface area contributed by atoms with E-state index in [0.717, 1.165) is 19.3 Å². The number of carbonyl (C=O) groups is 1. The van der Waals surface area contributed by atoms with Gasteiger partial charge in [-0.05, 0) is 19.3 Å². The first-order valence-electron chi connectivity index (χ1n) is 7.33. The van der Waals surface area contributed by atoms with Crippen molar-refractivity contribution < 1.29 is 14.7 Å². The van der Waals surface area contributed by atoms with Gasteiger partial charge in [0.2, 0.25) is 5.91 Å². The molecule has 0 rings (SSSR count). The van der Waals surface area contributed by atoms with Crippen LogP contribution in [0, 0.1) is 5.92 Å². The maximum atomic E-state index is 12.7. The molecule has 0 heterocycles. The standard InChI is InChI=1S/C14H29N3O3/c1-5-8-12(13(15)16-19)14(18)17(9-10-20-4)11(6-2)7-3/h11-12,19H,5-10H2,1-4H3,(H2,15,16). The van der Waals surface area contributed by atoms with Crippen molar-refractivity contribution in [2.75, 3.05) is 20.3 Å². The van der Waals surface area contributed by atoms with Gasteiger partial charge < -0.3 is 20.6 Å². The molecular weight excluding hydrogens is 258 g/mol. The minimum Gasteiger partial charge on any atom is -0.409 e. The molecule has 1 unspecified atom stereocenters. The lowest BCUT2D eigenvalue weighted by molar-refractivity contribution is -0.137. The van der Waals surface area contributed by atoms with Gasteiger partial charge in [0.05, 0.1) is 12.5 Å². The molecule has 0 saturated carbocycles. The number of methoxy groups -OCH3 is 1. The van der Waals surface area contributed by atoms with Crippen molar-refractivity contribution in [1.29, 1.82) is 0 Å². The van der Waals surface area contributed by atoms with Crippen molar-refractivity contribution in [3.63, 3.8) is 0 Å². The van der Waals surface area contributed by atoms with Crippen molar-refractivity contribution in [3.8, 4) is 0 Å². The summed E-state index contributed by atoms with van der Waals surface area (Å²) in [5.41, 5.74) is 5.67. The lowest BCUT2D eigenvalue weighted by atomic mass is 9.98. The maximum Gasteiger partial charge on any atom is 0.233 e. The zero-order valence-corrected chi connectivity index (χ0v) is 13.1. The van der Waals surface area contributed by atoms with E-state index in [4.69, 9.17) is 15.7 Å². The number of rotatable bonds is 10. The molecule has 0 aliphatic carbocycles. The van der Waals surface area contributed by atoms with E-state index < -0.39 is 5.92 Å². The number of nitrogens with zero attached hydrogens (tertiary/aromatic N) is 2. The van der Waals surface area contributed by atoms with Crippen molar-refractivity contribution in [2.45, 2.75) is 52.5 Å². The van der Waals surface area contributed by atoms with Gasteiger partial charge in [-0.25, -0.2) is 0 Å². The zero-order chi connectivity index (χ0) is 15.5. The number of ether oxygens (including phenoxy) is 1. The molecule has 0 aromatic heterocycles. The van der Waals surface area contributed by atoms with Gasteiger partial charge in [-0.3, -0.25) is 4.79 Å². The molecule has 118 valence electrons. The zero-order valence-electron chi connectivity index (χ0n) is 13.1. The normalized spacial score (nSPS) is 13.6. The molecule has 0 fully saturated rings. The minimum atomic E-state index is -0.553. The molecule has 1 atom stereocenters. The van der Waals surface area contributed by atoms with Crippen LogP contribution < -0.4 is 5.73 Å². The highest BCUT2D eigenvalue weighted by Gasteiger charge is 2.30. The van der Waals surface area contributed by atoms with E-state index in [0.29, 0.717) is 19.6 Å². The van der Waals surface area contributed by atoms with Crippen LogP contribution in [0.15, 0.2) is 5.16 Å². The molecule has 0 aromatic carbocycles. The summed E-state index contributed by atoms with van der Waals surface area (Å²) in [7, 11) is 1.61. The third-order valence-electron chi connectivity index (χ3n) is 3.55. The van der Waals surface area contributed by atoms with Crippen LogP contribution >= 0.6 is 0 Å². The smallest absolute Gasteiger partial charge is 0.233 e. The Hall–Kier alpha value is -1.30. The number of amides is 1. The number of amidine groups is 1. The highest BCUT2D eigenvalue weighted by atomic mass is 16.5. The average molecular weight is 287 g/mol. The molecule has 0 bridgehead atoms. The fourth-order valence-corrected chi connectivity index (χ4v) is 2.35. The van der Waals surface area contributed by atoms with E-state index in [1.807, 2.05) is 11.8 Å². The Morgan fingerprint density at radius 3 is 2.35 bits per heavy atom. The predicted octanol–water partition coefficient (Wildman–Crippen LogP) is 1.81. The van der Waals surface area contributed by atoms with Crippen molar-refractivity contribution in [2.24, 2.45) is 16.8 Å². The Kier molecular flexibility index (Phi) is 9.80. The van der Waals surface area contributed by atoms with Gasteiger partial charge in [0.1, 0.15) is 0 Å². The first-order chi connectivity index (χ1) is 9.56. The van der Waals surface area contributed by atoms with Crippen LogP contribution in [-0.2, 0) is 9.53 Å². The summed E-state index contributed by atoms with van der Waals surface area (Å²) >= 11 is 0. The summed E-state index contributed by atoms with van der Waals surface area (Å²) in [6, 6.07) is 0.156. The van der Waals surface area contributed by atoms with Crippen molar-refractivity contribution in [3.05, 3.63) is 0 Å². The number of hydrogen-bond acceptors (Lipinski definition) is 4. The second-order valence-corrected chi connectivity index (χ2v) is 4.86. The topological polar surface area (TPSA) is 88.2 Å².